The minimum absolute atomic E-state index is 0.0294. The summed E-state index contributed by atoms with van der Waals surface area (Å²) in [6.07, 6.45) is 3.50. The second-order valence-electron chi connectivity index (χ2n) is 5.09. The molecular weight excluding hydrogens is 254 g/mol. The Morgan fingerprint density at radius 1 is 1.40 bits per heavy atom. The largest absolute Gasteiger partial charge is 0.376 e. The summed E-state index contributed by atoms with van der Waals surface area (Å²) in [6.45, 7) is 3.20. The second-order valence-corrected chi connectivity index (χ2v) is 5.09. The van der Waals surface area contributed by atoms with Crippen LogP contribution in [-0.2, 0) is 21.6 Å². The zero-order valence-corrected chi connectivity index (χ0v) is 11.4. The highest BCUT2D eigenvalue weighted by molar-refractivity contribution is 5.77. The summed E-state index contributed by atoms with van der Waals surface area (Å²) in [6, 6.07) is 9.95. The highest BCUT2D eigenvalue weighted by atomic mass is 16.5. The van der Waals surface area contributed by atoms with Crippen LogP contribution >= 0.6 is 0 Å². The lowest BCUT2D eigenvalue weighted by Gasteiger charge is -2.42. The lowest BCUT2D eigenvalue weighted by Crippen LogP contribution is -2.59. The molecule has 1 aliphatic heterocycles. The van der Waals surface area contributed by atoms with E-state index in [1.165, 1.54) is 0 Å². The van der Waals surface area contributed by atoms with Crippen LogP contribution in [0.2, 0.25) is 0 Å². The van der Waals surface area contributed by atoms with Crippen LogP contribution in [0.25, 0.3) is 0 Å². The van der Waals surface area contributed by atoms with Crippen molar-refractivity contribution in [1.82, 2.24) is 14.9 Å². The zero-order chi connectivity index (χ0) is 14.0. The van der Waals surface area contributed by atoms with Crippen LogP contribution in [0.4, 0.5) is 0 Å². The molecule has 1 amide bonds. The van der Waals surface area contributed by atoms with Gasteiger partial charge >= 0.3 is 0 Å². The van der Waals surface area contributed by atoms with E-state index in [4.69, 9.17) is 4.74 Å². The Labute approximate surface area is 117 Å². The molecule has 0 saturated carbocycles. The van der Waals surface area contributed by atoms with Gasteiger partial charge in [0.1, 0.15) is 17.9 Å². The van der Waals surface area contributed by atoms with Gasteiger partial charge in [-0.15, -0.1) is 0 Å². The van der Waals surface area contributed by atoms with Crippen LogP contribution in [0, 0.1) is 6.92 Å². The third kappa shape index (κ3) is 2.32. The van der Waals surface area contributed by atoms with E-state index in [2.05, 4.69) is 10.3 Å². The number of carbonyl (C=O) groups is 1. The van der Waals surface area contributed by atoms with Crippen molar-refractivity contribution in [2.45, 2.75) is 19.0 Å². The number of rotatable bonds is 4. The number of benzene rings is 1. The van der Waals surface area contributed by atoms with Crippen molar-refractivity contribution in [2.24, 2.45) is 0 Å². The predicted molar refractivity (Wildman–Crippen MR) is 74.0 cm³/mol. The number of amides is 1. The third-order valence-corrected chi connectivity index (χ3v) is 3.64. The number of imidazole rings is 1. The van der Waals surface area contributed by atoms with Crippen molar-refractivity contribution in [2.75, 3.05) is 13.2 Å². The lowest BCUT2D eigenvalue weighted by molar-refractivity contribution is -0.134. The summed E-state index contributed by atoms with van der Waals surface area (Å²) in [7, 11) is 0. The minimum Gasteiger partial charge on any atom is -0.376 e. The molecule has 1 N–H and O–H groups in total. The molecule has 2 aromatic rings. The molecule has 1 aromatic heterocycles. The Kier molecular flexibility index (Phi) is 3.28. The average Bonchev–Trinajstić information content (AvgIpc) is 2.80. The number of hydrogen-bond acceptors (Lipinski definition) is 3. The molecule has 0 unspecified atom stereocenters. The van der Waals surface area contributed by atoms with Gasteiger partial charge < -0.3 is 14.6 Å². The lowest BCUT2D eigenvalue weighted by atomic mass is 9.88. The van der Waals surface area contributed by atoms with Crippen molar-refractivity contribution in [3.63, 3.8) is 0 Å². The Hall–Kier alpha value is -2.14. The first-order chi connectivity index (χ1) is 9.70. The maximum Gasteiger partial charge on any atom is 0.240 e. The van der Waals surface area contributed by atoms with Crippen LogP contribution in [0.3, 0.4) is 0 Å². The van der Waals surface area contributed by atoms with E-state index in [1.54, 1.807) is 12.4 Å². The molecule has 1 fully saturated rings. The molecular formula is C15H17N3O2. The molecule has 0 atom stereocenters. The standard InChI is InChI=1S/C15H17N3O2/c1-12-16-7-8-18(12)9-14(19)17-15(10-20-11-15)13-5-3-2-4-6-13/h2-8H,9-11H2,1H3,(H,17,19). The maximum atomic E-state index is 12.2. The van der Waals surface area contributed by atoms with Gasteiger partial charge in [0.15, 0.2) is 0 Å². The first-order valence-corrected chi connectivity index (χ1v) is 6.62. The van der Waals surface area contributed by atoms with Gasteiger partial charge in [0, 0.05) is 12.4 Å². The van der Waals surface area contributed by atoms with Gasteiger partial charge in [0.2, 0.25) is 5.91 Å². The molecule has 0 spiro atoms. The first kappa shape index (κ1) is 12.9. The molecule has 104 valence electrons. The Morgan fingerprint density at radius 3 is 2.70 bits per heavy atom. The molecule has 0 bridgehead atoms. The minimum atomic E-state index is -0.382. The van der Waals surface area contributed by atoms with Gasteiger partial charge in [-0.05, 0) is 12.5 Å². The topological polar surface area (TPSA) is 56.2 Å². The van der Waals surface area contributed by atoms with Gasteiger partial charge in [-0.25, -0.2) is 4.98 Å². The van der Waals surface area contributed by atoms with Crippen LogP contribution < -0.4 is 5.32 Å². The van der Waals surface area contributed by atoms with E-state index in [9.17, 15) is 4.79 Å². The second kappa shape index (κ2) is 5.09. The summed E-state index contributed by atoms with van der Waals surface area (Å²) >= 11 is 0. The average molecular weight is 271 g/mol. The number of ether oxygens (including phenoxy) is 1. The quantitative estimate of drug-likeness (QED) is 0.910. The fourth-order valence-corrected chi connectivity index (χ4v) is 2.41. The molecule has 0 aliphatic carbocycles. The smallest absolute Gasteiger partial charge is 0.240 e. The number of nitrogens with zero attached hydrogens (tertiary/aromatic N) is 2. The molecule has 1 aromatic carbocycles. The Morgan fingerprint density at radius 2 is 2.15 bits per heavy atom. The van der Waals surface area contributed by atoms with E-state index >= 15 is 0 Å². The van der Waals surface area contributed by atoms with E-state index < -0.39 is 0 Å². The number of aryl methyl sites for hydroxylation is 1. The van der Waals surface area contributed by atoms with Crippen molar-refractivity contribution >= 4 is 5.91 Å². The van der Waals surface area contributed by atoms with Crippen LogP contribution in [-0.4, -0.2) is 28.7 Å². The van der Waals surface area contributed by atoms with Gasteiger partial charge in [0.25, 0.3) is 0 Å². The SMILES string of the molecule is Cc1nccn1CC(=O)NC1(c2ccccc2)COC1. The number of aromatic nitrogens is 2. The first-order valence-electron chi connectivity index (χ1n) is 6.62. The van der Waals surface area contributed by atoms with E-state index in [-0.39, 0.29) is 18.0 Å². The maximum absolute atomic E-state index is 12.2. The van der Waals surface area contributed by atoms with Crippen LogP contribution in [0.15, 0.2) is 42.7 Å². The van der Waals surface area contributed by atoms with Crippen molar-refractivity contribution in [3.8, 4) is 0 Å². The van der Waals surface area contributed by atoms with Gasteiger partial charge in [-0.2, -0.15) is 0 Å². The summed E-state index contributed by atoms with van der Waals surface area (Å²) < 4.78 is 7.15. The Balaban J connectivity index is 1.72. The fourth-order valence-electron chi connectivity index (χ4n) is 2.41. The highest BCUT2D eigenvalue weighted by Crippen LogP contribution is 2.29. The molecule has 5 heteroatoms. The Bertz CT molecular complexity index is 603. The third-order valence-electron chi connectivity index (χ3n) is 3.64. The molecule has 5 nitrogen and oxygen atoms in total. The number of carbonyl (C=O) groups excluding carboxylic acids is 1. The van der Waals surface area contributed by atoms with Crippen LogP contribution in [0.5, 0.6) is 0 Å². The molecule has 1 aliphatic rings. The highest BCUT2D eigenvalue weighted by Gasteiger charge is 2.41. The normalized spacial score (nSPS) is 16.4. The molecule has 0 radical (unpaired) electrons. The molecule has 20 heavy (non-hydrogen) atoms. The van der Waals surface area contributed by atoms with Crippen molar-refractivity contribution in [1.29, 1.82) is 0 Å². The van der Waals surface area contributed by atoms with Crippen molar-refractivity contribution < 1.29 is 9.53 Å². The van der Waals surface area contributed by atoms with Gasteiger partial charge in [0.05, 0.1) is 13.2 Å². The monoisotopic (exact) mass is 271 g/mol. The predicted octanol–water partition coefficient (Wildman–Crippen LogP) is 1.23. The van der Waals surface area contributed by atoms with E-state index in [0.717, 1.165) is 11.4 Å². The van der Waals surface area contributed by atoms with Gasteiger partial charge in [-0.3, -0.25) is 4.79 Å². The molecule has 3 rings (SSSR count). The summed E-state index contributed by atoms with van der Waals surface area (Å²) in [5.74, 6) is 0.803. The van der Waals surface area contributed by atoms with Gasteiger partial charge in [-0.1, -0.05) is 30.3 Å². The van der Waals surface area contributed by atoms with E-state index in [0.29, 0.717) is 13.2 Å². The zero-order valence-electron chi connectivity index (χ0n) is 11.4. The van der Waals surface area contributed by atoms with E-state index in [1.807, 2.05) is 41.8 Å². The number of nitrogens with one attached hydrogen (secondary N) is 1. The summed E-state index contributed by atoms with van der Waals surface area (Å²) in [5.41, 5.74) is 0.703. The van der Waals surface area contributed by atoms with Crippen LogP contribution in [0.1, 0.15) is 11.4 Å². The summed E-state index contributed by atoms with van der Waals surface area (Å²) in [4.78, 5) is 16.3. The van der Waals surface area contributed by atoms with Crippen molar-refractivity contribution in [3.05, 3.63) is 54.1 Å². The molecule has 1 saturated heterocycles. The fraction of sp³-hybridized carbons (Fsp3) is 0.333. The molecule has 2 heterocycles. The summed E-state index contributed by atoms with van der Waals surface area (Å²) in [5, 5.41) is 3.10. The number of hydrogen-bond donors (Lipinski definition) is 1.